The number of nitrogens with two attached hydrogens (primary N) is 2. The molecule has 0 amide bonds. The van der Waals surface area contributed by atoms with Gasteiger partial charge in [-0.3, -0.25) is 9.78 Å². The van der Waals surface area contributed by atoms with Crippen molar-refractivity contribution in [2.75, 3.05) is 11.5 Å². The molecular weight excluding hydrogens is 356 g/mol. The van der Waals surface area contributed by atoms with Crippen LogP contribution < -0.4 is 17.0 Å². The van der Waals surface area contributed by atoms with E-state index in [1.807, 2.05) is 0 Å². The van der Waals surface area contributed by atoms with Gasteiger partial charge in [0.2, 0.25) is 5.95 Å². The molecule has 0 fully saturated rings. The summed E-state index contributed by atoms with van der Waals surface area (Å²) in [5, 5.41) is 9.17. The van der Waals surface area contributed by atoms with Gasteiger partial charge in [0, 0.05) is 12.1 Å². The van der Waals surface area contributed by atoms with Gasteiger partial charge in [0.05, 0.1) is 27.3 Å². The highest BCUT2D eigenvalue weighted by Crippen LogP contribution is 2.28. The topological polar surface area (TPSA) is 133 Å². The molecule has 0 unspecified atom stereocenters. The Morgan fingerprint density at radius 1 is 1.04 bits per heavy atom. The fraction of sp³-hybridized carbons (Fsp3) is 0.125. The van der Waals surface area contributed by atoms with E-state index in [2.05, 4.69) is 20.2 Å². The largest absolute Gasteiger partial charge is 0.384 e. The predicted molar refractivity (Wildman–Crippen MR) is 99.9 cm³/mol. The zero-order valence-corrected chi connectivity index (χ0v) is 14.7. The fourth-order valence-electron chi connectivity index (χ4n) is 2.87. The van der Waals surface area contributed by atoms with Crippen molar-refractivity contribution in [2.24, 2.45) is 0 Å². The third-order valence-electron chi connectivity index (χ3n) is 3.92. The highest BCUT2D eigenvalue weighted by Gasteiger charge is 2.18. The van der Waals surface area contributed by atoms with Crippen molar-refractivity contribution in [3.8, 4) is 11.6 Å². The molecule has 9 nitrogen and oxygen atoms in total. The molecule has 3 aromatic heterocycles. The van der Waals surface area contributed by atoms with Gasteiger partial charge in [0.1, 0.15) is 17.3 Å². The molecule has 0 atom stereocenters. The van der Waals surface area contributed by atoms with Gasteiger partial charge >= 0.3 is 0 Å². The van der Waals surface area contributed by atoms with Crippen LogP contribution in [0.5, 0.6) is 0 Å². The SMILES string of the molecule is Cc1cc(N)n(-c2nc3ccc(Cl)c(-n4nc(C)cc4N)c3c(=O)[nH]2)n1. The van der Waals surface area contributed by atoms with Crippen molar-refractivity contribution in [3.63, 3.8) is 0 Å². The van der Waals surface area contributed by atoms with E-state index >= 15 is 0 Å². The second-order valence-electron chi connectivity index (χ2n) is 5.92. The summed E-state index contributed by atoms with van der Waals surface area (Å²) in [7, 11) is 0. The highest BCUT2D eigenvalue weighted by molar-refractivity contribution is 6.33. The Morgan fingerprint density at radius 2 is 1.65 bits per heavy atom. The maximum Gasteiger partial charge on any atom is 0.262 e. The van der Waals surface area contributed by atoms with E-state index < -0.39 is 5.56 Å². The van der Waals surface area contributed by atoms with Crippen LogP contribution in [0.15, 0.2) is 29.1 Å². The molecular formula is C16H15ClN8O. The summed E-state index contributed by atoms with van der Waals surface area (Å²) in [6, 6.07) is 6.67. The summed E-state index contributed by atoms with van der Waals surface area (Å²) in [4.78, 5) is 20.0. The molecule has 4 aromatic rings. The van der Waals surface area contributed by atoms with Gasteiger partial charge in [-0.1, -0.05) is 11.6 Å². The molecule has 132 valence electrons. The number of fused-ring (bicyclic) bond motifs is 1. The first-order valence-corrected chi connectivity index (χ1v) is 8.10. The molecule has 10 heteroatoms. The number of aryl methyl sites for hydroxylation is 2. The monoisotopic (exact) mass is 370 g/mol. The normalized spacial score (nSPS) is 11.3. The van der Waals surface area contributed by atoms with Crippen molar-refractivity contribution in [3.05, 3.63) is 51.0 Å². The lowest BCUT2D eigenvalue weighted by atomic mass is 10.2. The number of nitrogens with one attached hydrogen (secondary N) is 1. The number of H-pyrrole nitrogens is 1. The summed E-state index contributed by atoms with van der Waals surface area (Å²) in [5.74, 6) is 0.949. The molecule has 0 aliphatic carbocycles. The molecule has 0 bridgehead atoms. The van der Waals surface area contributed by atoms with Crippen molar-refractivity contribution in [1.29, 1.82) is 0 Å². The Labute approximate surface area is 152 Å². The van der Waals surface area contributed by atoms with Crippen molar-refractivity contribution >= 4 is 34.1 Å². The van der Waals surface area contributed by atoms with Crippen LogP contribution in [0.4, 0.5) is 11.6 Å². The maximum atomic E-state index is 12.8. The van der Waals surface area contributed by atoms with Gasteiger partial charge in [-0.2, -0.15) is 14.9 Å². The van der Waals surface area contributed by atoms with Gasteiger partial charge in [-0.15, -0.1) is 0 Å². The van der Waals surface area contributed by atoms with E-state index in [9.17, 15) is 4.79 Å². The van der Waals surface area contributed by atoms with Crippen LogP contribution in [0.3, 0.4) is 0 Å². The van der Waals surface area contributed by atoms with Crippen LogP contribution >= 0.6 is 11.6 Å². The first kappa shape index (κ1) is 16.2. The summed E-state index contributed by atoms with van der Waals surface area (Å²) in [5.41, 5.74) is 13.7. The van der Waals surface area contributed by atoms with Crippen molar-refractivity contribution in [1.82, 2.24) is 29.5 Å². The standard InChI is InChI=1S/C16H15ClN8O/c1-7-5-11(18)24(22-7)14-9(17)3-4-10-13(14)15(26)21-16(20-10)25-12(19)6-8(2)23-25/h3-6H,18-19H2,1-2H3,(H,20,21,26). The molecule has 0 aliphatic heterocycles. The van der Waals surface area contributed by atoms with Gasteiger partial charge in [-0.25, -0.2) is 9.67 Å². The molecule has 0 radical (unpaired) electrons. The number of nitrogens with zero attached hydrogens (tertiary/aromatic N) is 5. The number of rotatable bonds is 2. The second kappa shape index (κ2) is 5.60. The molecule has 5 N–H and O–H groups in total. The molecule has 0 saturated carbocycles. The second-order valence-corrected chi connectivity index (χ2v) is 6.33. The first-order valence-electron chi connectivity index (χ1n) is 7.72. The highest BCUT2D eigenvalue weighted by atomic mass is 35.5. The minimum absolute atomic E-state index is 0.214. The molecule has 0 spiro atoms. The van der Waals surface area contributed by atoms with E-state index in [1.54, 1.807) is 38.1 Å². The summed E-state index contributed by atoms with van der Waals surface area (Å²) < 4.78 is 2.81. The molecule has 1 aromatic carbocycles. The summed E-state index contributed by atoms with van der Waals surface area (Å²) >= 11 is 6.34. The smallest absolute Gasteiger partial charge is 0.262 e. The number of halogens is 1. The van der Waals surface area contributed by atoms with E-state index in [0.29, 0.717) is 39.3 Å². The molecule has 3 heterocycles. The van der Waals surface area contributed by atoms with Crippen molar-refractivity contribution in [2.45, 2.75) is 13.8 Å². The third kappa shape index (κ3) is 2.40. The number of nitrogen functional groups attached to an aromatic ring is 2. The van der Waals surface area contributed by atoms with Crippen LogP contribution in [-0.4, -0.2) is 29.5 Å². The Morgan fingerprint density at radius 3 is 2.23 bits per heavy atom. The average molecular weight is 371 g/mol. The summed E-state index contributed by atoms with van der Waals surface area (Å²) in [6.07, 6.45) is 0. The lowest BCUT2D eigenvalue weighted by molar-refractivity contribution is 0.806. The van der Waals surface area contributed by atoms with Gasteiger partial charge in [0.15, 0.2) is 0 Å². The zero-order chi connectivity index (χ0) is 18.6. The lowest BCUT2D eigenvalue weighted by Gasteiger charge is -2.11. The predicted octanol–water partition coefficient (Wildman–Crippen LogP) is 1.73. The number of hydrogen-bond acceptors (Lipinski definition) is 6. The van der Waals surface area contributed by atoms with E-state index in [0.717, 1.165) is 0 Å². The minimum atomic E-state index is -0.400. The first-order chi connectivity index (χ1) is 12.3. The fourth-order valence-corrected chi connectivity index (χ4v) is 3.11. The Kier molecular flexibility index (Phi) is 3.48. The van der Waals surface area contributed by atoms with Gasteiger partial charge in [0.25, 0.3) is 5.56 Å². The lowest BCUT2D eigenvalue weighted by Crippen LogP contribution is -2.18. The minimum Gasteiger partial charge on any atom is -0.384 e. The Balaban J connectivity index is 2.04. The van der Waals surface area contributed by atoms with Crippen LogP contribution in [0, 0.1) is 13.8 Å². The Hall–Kier alpha value is -3.33. The van der Waals surface area contributed by atoms with Crippen LogP contribution in [-0.2, 0) is 0 Å². The number of anilines is 2. The number of benzene rings is 1. The van der Waals surface area contributed by atoms with Crippen molar-refractivity contribution < 1.29 is 0 Å². The maximum absolute atomic E-state index is 12.8. The van der Waals surface area contributed by atoms with Gasteiger partial charge < -0.3 is 11.5 Å². The van der Waals surface area contributed by atoms with E-state index in [-0.39, 0.29) is 11.3 Å². The van der Waals surface area contributed by atoms with Crippen LogP contribution in [0.1, 0.15) is 11.4 Å². The number of aromatic amines is 1. The number of aromatic nitrogens is 6. The molecule has 4 rings (SSSR count). The third-order valence-corrected chi connectivity index (χ3v) is 4.22. The zero-order valence-electron chi connectivity index (χ0n) is 14.0. The Bertz CT molecular complexity index is 1220. The van der Waals surface area contributed by atoms with E-state index in [1.165, 1.54) is 9.36 Å². The molecule has 0 saturated heterocycles. The van der Waals surface area contributed by atoms with E-state index in [4.69, 9.17) is 23.1 Å². The summed E-state index contributed by atoms with van der Waals surface area (Å²) in [6.45, 7) is 3.60. The average Bonchev–Trinajstić information content (AvgIpc) is 3.08. The molecule has 26 heavy (non-hydrogen) atoms. The quantitative estimate of drug-likeness (QED) is 0.492. The number of hydrogen-bond donors (Lipinski definition) is 3. The molecule has 0 aliphatic rings. The van der Waals surface area contributed by atoms with Crippen LogP contribution in [0.2, 0.25) is 5.02 Å². The van der Waals surface area contributed by atoms with Crippen LogP contribution in [0.25, 0.3) is 22.5 Å². The van der Waals surface area contributed by atoms with Gasteiger partial charge in [-0.05, 0) is 26.0 Å².